The topological polar surface area (TPSA) is 61.0 Å². The molecule has 1 aromatic carbocycles. The van der Waals surface area contributed by atoms with E-state index in [0.29, 0.717) is 5.56 Å². The van der Waals surface area contributed by atoms with Gasteiger partial charge in [-0.25, -0.2) is 4.68 Å². The lowest BCUT2D eigenvalue weighted by Crippen LogP contribution is -1.98. The predicted molar refractivity (Wildman–Crippen MR) is 59.7 cm³/mol. The third-order valence-corrected chi connectivity index (χ3v) is 2.36. The highest BCUT2D eigenvalue weighted by atomic mass is 16.6. The normalized spacial score (nSPS) is 10.4. The standard InChI is InChI=1S/C11H11N3O2/c1-8-7-10(3-4-11(8)14(15)16)13-6-5-9(2)12-13/h3-7H,1-2H3. The van der Waals surface area contributed by atoms with Crippen LogP contribution < -0.4 is 0 Å². The van der Waals surface area contributed by atoms with E-state index in [1.807, 2.05) is 19.2 Å². The maximum Gasteiger partial charge on any atom is 0.272 e. The van der Waals surface area contributed by atoms with Gasteiger partial charge in [-0.2, -0.15) is 5.10 Å². The van der Waals surface area contributed by atoms with Crippen molar-refractivity contribution in [2.75, 3.05) is 0 Å². The number of benzene rings is 1. The number of nitrogens with zero attached hydrogens (tertiary/aromatic N) is 3. The van der Waals surface area contributed by atoms with Gasteiger partial charge in [-0.1, -0.05) is 0 Å². The van der Waals surface area contributed by atoms with E-state index in [9.17, 15) is 10.1 Å². The van der Waals surface area contributed by atoms with E-state index in [1.54, 1.807) is 23.7 Å². The van der Waals surface area contributed by atoms with Crippen LogP contribution in [0, 0.1) is 24.0 Å². The van der Waals surface area contributed by atoms with Crippen molar-refractivity contribution in [3.63, 3.8) is 0 Å². The molecule has 0 spiro atoms. The van der Waals surface area contributed by atoms with E-state index in [-0.39, 0.29) is 10.6 Å². The number of nitro groups is 1. The van der Waals surface area contributed by atoms with Crippen LogP contribution in [-0.2, 0) is 0 Å². The average Bonchev–Trinajstić information content (AvgIpc) is 2.64. The van der Waals surface area contributed by atoms with Crippen molar-refractivity contribution in [1.29, 1.82) is 0 Å². The molecule has 1 aromatic heterocycles. The van der Waals surface area contributed by atoms with E-state index < -0.39 is 0 Å². The Morgan fingerprint density at radius 2 is 2.06 bits per heavy atom. The molecule has 82 valence electrons. The summed E-state index contributed by atoms with van der Waals surface area (Å²) in [5.41, 5.74) is 2.51. The lowest BCUT2D eigenvalue weighted by atomic mass is 10.2. The smallest absolute Gasteiger partial charge is 0.258 e. The minimum atomic E-state index is -0.381. The van der Waals surface area contributed by atoms with Crippen molar-refractivity contribution in [2.45, 2.75) is 13.8 Å². The van der Waals surface area contributed by atoms with Gasteiger partial charge < -0.3 is 0 Å². The Morgan fingerprint density at radius 1 is 1.31 bits per heavy atom. The van der Waals surface area contributed by atoms with E-state index >= 15 is 0 Å². The molecule has 2 rings (SSSR count). The van der Waals surface area contributed by atoms with Crippen LogP contribution in [0.5, 0.6) is 0 Å². The second-order valence-corrected chi connectivity index (χ2v) is 3.63. The highest BCUT2D eigenvalue weighted by Gasteiger charge is 2.10. The summed E-state index contributed by atoms with van der Waals surface area (Å²) in [6.45, 7) is 3.62. The first-order chi connectivity index (χ1) is 7.58. The zero-order valence-corrected chi connectivity index (χ0v) is 9.04. The molecule has 0 fully saturated rings. The maximum absolute atomic E-state index is 10.7. The highest BCUT2D eigenvalue weighted by Crippen LogP contribution is 2.20. The largest absolute Gasteiger partial charge is 0.272 e. The van der Waals surface area contributed by atoms with Gasteiger partial charge in [0.1, 0.15) is 0 Å². The van der Waals surface area contributed by atoms with Gasteiger partial charge in [0.25, 0.3) is 5.69 Å². The first-order valence-corrected chi connectivity index (χ1v) is 4.85. The molecule has 2 aromatic rings. The molecule has 0 aliphatic rings. The van der Waals surface area contributed by atoms with Crippen LogP contribution in [0.15, 0.2) is 30.5 Å². The van der Waals surface area contributed by atoms with Gasteiger partial charge in [-0.3, -0.25) is 10.1 Å². The molecule has 0 atom stereocenters. The van der Waals surface area contributed by atoms with Crippen molar-refractivity contribution < 1.29 is 4.92 Å². The first-order valence-electron chi connectivity index (χ1n) is 4.85. The molecular formula is C11H11N3O2. The zero-order chi connectivity index (χ0) is 11.7. The molecule has 0 radical (unpaired) electrons. The second-order valence-electron chi connectivity index (χ2n) is 3.63. The summed E-state index contributed by atoms with van der Waals surface area (Å²) in [7, 11) is 0. The summed E-state index contributed by atoms with van der Waals surface area (Å²) < 4.78 is 1.70. The van der Waals surface area contributed by atoms with Crippen LogP contribution in [0.4, 0.5) is 5.69 Å². The number of aromatic nitrogens is 2. The fourth-order valence-electron chi connectivity index (χ4n) is 1.55. The lowest BCUT2D eigenvalue weighted by molar-refractivity contribution is -0.385. The quantitative estimate of drug-likeness (QED) is 0.573. The van der Waals surface area contributed by atoms with Crippen molar-refractivity contribution in [3.05, 3.63) is 51.8 Å². The van der Waals surface area contributed by atoms with Crippen molar-refractivity contribution >= 4 is 5.69 Å². The summed E-state index contributed by atoms with van der Waals surface area (Å²) >= 11 is 0. The van der Waals surface area contributed by atoms with Gasteiger partial charge in [0.2, 0.25) is 0 Å². The minimum Gasteiger partial charge on any atom is -0.258 e. The minimum absolute atomic E-state index is 0.132. The van der Waals surface area contributed by atoms with Gasteiger partial charge in [0.05, 0.1) is 16.3 Å². The van der Waals surface area contributed by atoms with E-state index in [4.69, 9.17) is 0 Å². The predicted octanol–water partition coefficient (Wildman–Crippen LogP) is 2.40. The number of aryl methyl sites for hydroxylation is 2. The molecule has 0 amide bonds. The van der Waals surface area contributed by atoms with Crippen LogP contribution in [0.25, 0.3) is 5.69 Å². The number of hydrogen-bond acceptors (Lipinski definition) is 3. The molecule has 0 saturated heterocycles. The van der Waals surface area contributed by atoms with Gasteiger partial charge in [-0.15, -0.1) is 0 Å². The third kappa shape index (κ3) is 1.79. The third-order valence-electron chi connectivity index (χ3n) is 2.36. The summed E-state index contributed by atoms with van der Waals surface area (Å²) in [6, 6.07) is 6.83. The molecule has 0 unspecified atom stereocenters. The monoisotopic (exact) mass is 217 g/mol. The fourth-order valence-corrected chi connectivity index (χ4v) is 1.55. The fraction of sp³-hybridized carbons (Fsp3) is 0.182. The van der Waals surface area contributed by atoms with E-state index in [2.05, 4.69) is 5.10 Å². The van der Waals surface area contributed by atoms with Crippen LogP contribution in [0.2, 0.25) is 0 Å². The van der Waals surface area contributed by atoms with Crippen LogP contribution >= 0.6 is 0 Å². The van der Waals surface area contributed by atoms with E-state index in [1.165, 1.54) is 6.07 Å². The Kier molecular flexibility index (Phi) is 2.44. The molecular weight excluding hydrogens is 206 g/mol. The molecule has 0 aliphatic carbocycles. The first kappa shape index (κ1) is 10.4. The molecule has 1 heterocycles. The number of nitro benzene ring substituents is 1. The summed E-state index contributed by atoms with van der Waals surface area (Å²) in [4.78, 5) is 10.3. The molecule has 5 nitrogen and oxygen atoms in total. The summed E-state index contributed by atoms with van der Waals surface area (Å²) in [6.07, 6.45) is 1.83. The van der Waals surface area contributed by atoms with Gasteiger partial charge in [-0.05, 0) is 32.0 Å². The Balaban J connectivity index is 2.45. The Morgan fingerprint density at radius 3 is 2.56 bits per heavy atom. The highest BCUT2D eigenvalue weighted by molar-refractivity contribution is 5.47. The summed E-state index contributed by atoms with van der Waals surface area (Å²) in [5, 5.41) is 14.9. The Hall–Kier alpha value is -2.17. The van der Waals surface area contributed by atoms with Crippen molar-refractivity contribution in [1.82, 2.24) is 9.78 Å². The molecule has 5 heteroatoms. The summed E-state index contributed by atoms with van der Waals surface area (Å²) in [5.74, 6) is 0. The molecule has 0 saturated carbocycles. The molecule has 0 bridgehead atoms. The average molecular weight is 217 g/mol. The van der Waals surface area contributed by atoms with Crippen molar-refractivity contribution in [2.24, 2.45) is 0 Å². The van der Waals surface area contributed by atoms with Crippen molar-refractivity contribution in [3.8, 4) is 5.69 Å². The van der Waals surface area contributed by atoms with Gasteiger partial charge in [0, 0.05) is 17.8 Å². The Bertz CT molecular complexity index is 546. The Labute approximate surface area is 92.5 Å². The number of hydrogen-bond donors (Lipinski definition) is 0. The molecule has 16 heavy (non-hydrogen) atoms. The van der Waals surface area contributed by atoms with Crippen LogP contribution in [-0.4, -0.2) is 14.7 Å². The van der Waals surface area contributed by atoms with E-state index in [0.717, 1.165) is 11.4 Å². The SMILES string of the molecule is Cc1ccn(-c2ccc([N+](=O)[O-])c(C)c2)n1. The van der Waals surface area contributed by atoms with Gasteiger partial charge in [0.15, 0.2) is 0 Å². The van der Waals surface area contributed by atoms with Gasteiger partial charge >= 0.3 is 0 Å². The van der Waals surface area contributed by atoms with Crippen LogP contribution in [0.1, 0.15) is 11.3 Å². The number of rotatable bonds is 2. The zero-order valence-electron chi connectivity index (χ0n) is 9.04. The van der Waals surface area contributed by atoms with Crippen LogP contribution in [0.3, 0.4) is 0 Å². The second kappa shape index (κ2) is 3.77. The molecule has 0 aliphatic heterocycles. The molecule has 0 N–H and O–H groups in total. The lowest BCUT2D eigenvalue weighted by Gasteiger charge is -2.03. The maximum atomic E-state index is 10.7.